The third-order valence-electron chi connectivity index (χ3n) is 3.22. The Hall–Kier alpha value is -0.480. The third-order valence-corrected chi connectivity index (χ3v) is 4.72. The van der Waals surface area contributed by atoms with E-state index in [0.29, 0.717) is 0 Å². The highest BCUT2D eigenvalue weighted by molar-refractivity contribution is 9.10. The lowest BCUT2D eigenvalue weighted by molar-refractivity contribution is 0.0740. The predicted octanol–water partition coefficient (Wildman–Crippen LogP) is 3.97. The van der Waals surface area contributed by atoms with Crippen LogP contribution in [0.2, 0.25) is 0 Å². The van der Waals surface area contributed by atoms with Crippen molar-refractivity contribution in [3.63, 3.8) is 0 Å². The van der Waals surface area contributed by atoms with Gasteiger partial charge in [-0.2, -0.15) is 11.8 Å². The van der Waals surface area contributed by atoms with Crippen LogP contribution in [0, 0.1) is 6.92 Å². The second-order valence-corrected chi connectivity index (χ2v) is 6.30. The van der Waals surface area contributed by atoms with Crippen LogP contribution in [0.5, 0.6) is 0 Å². The number of benzene rings is 1. The van der Waals surface area contributed by atoms with Gasteiger partial charge in [0.15, 0.2) is 0 Å². The normalized spacial score (nSPS) is 12.3. The van der Waals surface area contributed by atoms with Gasteiger partial charge in [-0.15, -0.1) is 0 Å². The standard InChI is InChI=1S/C14H20BrNOS/c1-10(8-9-18-4)16(3)14(17)12-6-5-7-13(15)11(12)2/h5-7,10H,8-9H2,1-4H3. The largest absolute Gasteiger partial charge is 0.339 e. The predicted molar refractivity (Wildman–Crippen MR) is 83.4 cm³/mol. The third kappa shape index (κ3) is 3.75. The van der Waals surface area contributed by atoms with Crippen molar-refractivity contribution in [2.45, 2.75) is 26.3 Å². The van der Waals surface area contributed by atoms with Gasteiger partial charge in [0.1, 0.15) is 0 Å². The van der Waals surface area contributed by atoms with Crippen LogP contribution >= 0.6 is 27.7 Å². The number of carbonyl (C=O) groups excluding carboxylic acids is 1. The van der Waals surface area contributed by atoms with Gasteiger partial charge in [-0.25, -0.2) is 0 Å². The molecule has 18 heavy (non-hydrogen) atoms. The highest BCUT2D eigenvalue weighted by Gasteiger charge is 2.19. The molecule has 1 aromatic rings. The summed E-state index contributed by atoms with van der Waals surface area (Å²) >= 11 is 5.28. The van der Waals surface area contributed by atoms with Gasteiger partial charge >= 0.3 is 0 Å². The van der Waals surface area contributed by atoms with Crippen LogP contribution < -0.4 is 0 Å². The van der Waals surface area contributed by atoms with Crippen LogP contribution in [-0.2, 0) is 0 Å². The first-order chi connectivity index (χ1) is 8.49. The summed E-state index contributed by atoms with van der Waals surface area (Å²) in [5.41, 5.74) is 1.79. The summed E-state index contributed by atoms with van der Waals surface area (Å²) in [5, 5.41) is 0. The van der Waals surface area contributed by atoms with Crippen molar-refractivity contribution in [1.82, 2.24) is 4.90 Å². The molecule has 1 unspecified atom stereocenters. The van der Waals surface area contributed by atoms with Crippen molar-refractivity contribution in [1.29, 1.82) is 0 Å². The summed E-state index contributed by atoms with van der Waals surface area (Å²) in [6, 6.07) is 6.03. The molecule has 0 spiro atoms. The Morgan fingerprint density at radius 3 is 2.78 bits per heavy atom. The second-order valence-electron chi connectivity index (χ2n) is 4.46. The zero-order valence-corrected chi connectivity index (χ0v) is 13.8. The summed E-state index contributed by atoms with van der Waals surface area (Å²) in [4.78, 5) is 14.3. The first kappa shape index (κ1) is 15.6. The first-order valence-electron chi connectivity index (χ1n) is 6.00. The van der Waals surface area contributed by atoms with Gasteiger partial charge in [0.2, 0.25) is 0 Å². The summed E-state index contributed by atoms with van der Waals surface area (Å²) in [7, 11) is 1.88. The molecule has 4 heteroatoms. The van der Waals surface area contributed by atoms with Gasteiger partial charge in [0.25, 0.3) is 5.91 Å². The van der Waals surface area contributed by atoms with Crippen molar-refractivity contribution in [2.75, 3.05) is 19.1 Å². The van der Waals surface area contributed by atoms with Gasteiger partial charge in [-0.3, -0.25) is 4.79 Å². The van der Waals surface area contributed by atoms with Crippen molar-refractivity contribution in [3.05, 3.63) is 33.8 Å². The monoisotopic (exact) mass is 329 g/mol. The van der Waals surface area contributed by atoms with Gasteiger partial charge in [-0.05, 0) is 50.0 Å². The van der Waals surface area contributed by atoms with Crippen molar-refractivity contribution in [2.24, 2.45) is 0 Å². The minimum atomic E-state index is 0.0994. The maximum Gasteiger partial charge on any atom is 0.254 e. The number of hydrogen-bond donors (Lipinski definition) is 0. The Morgan fingerprint density at radius 1 is 1.50 bits per heavy atom. The number of amides is 1. The smallest absolute Gasteiger partial charge is 0.254 e. The van der Waals surface area contributed by atoms with Crippen LogP contribution in [0.1, 0.15) is 29.3 Å². The van der Waals surface area contributed by atoms with E-state index in [2.05, 4.69) is 29.1 Å². The summed E-state index contributed by atoms with van der Waals surface area (Å²) < 4.78 is 0.985. The van der Waals surface area contributed by atoms with Crippen molar-refractivity contribution in [3.8, 4) is 0 Å². The Balaban J connectivity index is 2.83. The van der Waals surface area contributed by atoms with E-state index in [9.17, 15) is 4.79 Å². The van der Waals surface area contributed by atoms with Gasteiger partial charge in [0, 0.05) is 23.1 Å². The minimum Gasteiger partial charge on any atom is -0.339 e. The van der Waals surface area contributed by atoms with E-state index in [1.165, 1.54) is 0 Å². The molecule has 0 fully saturated rings. The molecule has 0 aliphatic rings. The molecule has 0 aliphatic carbocycles. The zero-order chi connectivity index (χ0) is 13.7. The summed E-state index contributed by atoms with van der Waals surface area (Å²) in [5.74, 6) is 1.18. The van der Waals surface area contributed by atoms with Gasteiger partial charge in [-0.1, -0.05) is 22.0 Å². The zero-order valence-electron chi connectivity index (χ0n) is 11.4. The second kappa shape index (κ2) is 7.19. The SMILES string of the molecule is CSCCC(C)N(C)C(=O)c1cccc(Br)c1C. The van der Waals surface area contributed by atoms with E-state index in [0.717, 1.165) is 27.8 Å². The fourth-order valence-corrected chi connectivity index (χ4v) is 2.65. The van der Waals surface area contributed by atoms with Crippen molar-refractivity contribution < 1.29 is 4.79 Å². The lowest BCUT2D eigenvalue weighted by atomic mass is 10.1. The van der Waals surface area contributed by atoms with E-state index >= 15 is 0 Å². The molecule has 0 aromatic heterocycles. The van der Waals surface area contributed by atoms with Crippen LogP contribution in [0.3, 0.4) is 0 Å². The molecule has 1 amide bonds. The fraction of sp³-hybridized carbons (Fsp3) is 0.500. The van der Waals surface area contributed by atoms with E-state index in [-0.39, 0.29) is 11.9 Å². The molecule has 0 radical (unpaired) electrons. The van der Waals surface area contributed by atoms with Gasteiger partial charge in [0.05, 0.1) is 0 Å². The summed E-state index contributed by atoms with van der Waals surface area (Å²) in [6.07, 6.45) is 3.11. The Kier molecular flexibility index (Phi) is 6.22. The molecule has 0 aliphatic heterocycles. The molecule has 100 valence electrons. The summed E-state index contributed by atoms with van der Waals surface area (Å²) in [6.45, 7) is 4.07. The molecule has 1 atom stereocenters. The van der Waals surface area contributed by atoms with Crippen molar-refractivity contribution >= 4 is 33.6 Å². The average molecular weight is 330 g/mol. The lowest BCUT2D eigenvalue weighted by Gasteiger charge is -2.25. The number of thioether (sulfide) groups is 1. The molecule has 1 aromatic carbocycles. The van der Waals surface area contributed by atoms with Gasteiger partial charge < -0.3 is 4.90 Å². The minimum absolute atomic E-state index is 0.0994. The van der Waals surface area contributed by atoms with Crippen LogP contribution in [0.4, 0.5) is 0 Å². The highest BCUT2D eigenvalue weighted by atomic mass is 79.9. The Bertz CT molecular complexity index is 422. The lowest BCUT2D eigenvalue weighted by Crippen LogP contribution is -2.35. The number of halogens is 1. The number of nitrogens with zero attached hydrogens (tertiary/aromatic N) is 1. The maximum absolute atomic E-state index is 12.4. The Morgan fingerprint density at radius 2 is 2.17 bits per heavy atom. The van der Waals surface area contributed by atoms with E-state index in [1.54, 1.807) is 0 Å². The molecule has 1 rings (SSSR count). The van der Waals surface area contributed by atoms with Crippen LogP contribution in [0.15, 0.2) is 22.7 Å². The molecule has 0 heterocycles. The number of carbonyl (C=O) groups is 1. The highest BCUT2D eigenvalue weighted by Crippen LogP contribution is 2.21. The fourth-order valence-electron chi connectivity index (χ4n) is 1.71. The van der Waals surface area contributed by atoms with E-state index in [4.69, 9.17) is 0 Å². The quantitative estimate of drug-likeness (QED) is 0.814. The molecular weight excluding hydrogens is 310 g/mol. The number of hydrogen-bond acceptors (Lipinski definition) is 2. The Labute approximate surface area is 122 Å². The van der Waals surface area contributed by atoms with E-state index in [1.807, 2.05) is 48.8 Å². The average Bonchev–Trinajstić information content (AvgIpc) is 2.37. The molecule has 0 bridgehead atoms. The maximum atomic E-state index is 12.4. The molecule has 0 saturated carbocycles. The van der Waals surface area contributed by atoms with E-state index < -0.39 is 0 Å². The topological polar surface area (TPSA) is 20.3 Å². The molecule has 2 nitrogen and oxygen atoms in total. The molecular formula is C14H20BrNOS. The van der Waals surface area contributed by atoms with Crippen LogP contribution in [0.25, 0.3) is 0 Å². The van der Waals surface area contributed by atoms with Crippen LogP contribution in [-0.4, -0.2) is 35.9 Å². The first-order valence-corrected chi connectivity index (χ1v) is 8.19. The number of rotatable bonds is 5. The molecule has 0 saturated heterocycles. The molecule has 0 N–H and O–H groups in total.